The Hall–Kier alpha value is -3.15. The van der Waals surface area contributed by atoms with Gasteiger partial charge >= 0.3 is 0 Å². The van der Waals surface area contributed by atoms with Crippen LogP contribution in [0.4, 0.5) is 0 Å². The van der Waals surface area contributed by atoms with E-state index in [2.05, 4.69) is 11.7 Å². The summed E-state index contributed by atoms with van der Waals surface area (Å²) in [6.07, 6.45) is 10.4. The van der Waals surface area contributed by atoms with Crippen LogP contribution in [0.5, 0.6) is 0 Å². The van der Waals surface area contributed by atoms with Crippen molar-refractivity contribution < 1.29 is 4.79 Å². The number of aromatic nitrogens is 3. The molecule has 0 unspecified atom stereocenters. The zero-order chi connectivity index (χ0) is 22.1. The molecular formula is C26H30N4O2. The maximum Gasteiger partial charge on any atom is 0.280 e. The first-order valence-electron chi connectivity index (χ1n) is 11.8. The van der Waals surface area contributed by atoms with Gasteiger partial charge < -0.3 is 9.47 Å². The van der Waals surface area contributed by atoms with Crippen molar-refractivity contribution in [3.05, 3.63) is 70.7 Å². The molecule has 0 saturated heterocycles. The maximum absolute atomic E-state index is 13.6. The van der Waals surface area contributed by atoms with Crippen molar-refractivity contribution in [3.8, 4) is 11.3 Å². The highest BCUT2D eigenvalue weighted by Crippen LogP contribution is 2.31. The minimum absolute atomic E-state index is 0.0117. The first kappa shape index (κ1) is 20.7. The summed E-state index contributed by atoms with van der Waals surface area (Å²) in [5, 5.41) is 4.67. The molecule has 1 saturated carbocycles. The van der Waals surface area contributed by atoms with Crippen molar-refractivity contribution in [2.24, 2.45) is 0 Å². The zero-order valence-electron chi connectivity index (χ0n) is 18.5. The fourth-order valence-electron chi connectivity index (χ4n) is 5.21. The van der Waals surface area contributed by atoms with Crippen LogP contribution in [0.25, 0.3) is 16.9 Å². The Bertz CT molecular complexity index is 1200. The Kier molecular flexibility index (Phi) is 5.68. The van der Waals surface area contributed by atoms with E-state index in [1.807, 2.05) is 51.9 Å². The number of benzene rings is 1. The lowest BCUT2D eigenvalue weighted by Crippen LogP contribution is -2.37. The van der Waals surface area contributed by atoms with Crippen molar-refractivity contribution >= 4 is 11.6 Å². The quantitative estimate of drug-likeness (QED) is 0.399. The molecule has 1 aliphatic carbocycles. The van der Waals surface area contributed by atoms with Crippen molar-refractivity contribution in [1.29, 1.82) is 0 Å². The van der Waals surface area contributed by atoms with Gasteiger partial charge in [0, 0.05) is 24.2 Å². The third-order valence-corrected chi connectivity index (χ3v) is 6.89. The highest BCUT2D eigenvalue weighted by atomic mass is 16.2. The highest BCUT2D eigenvalue weighted by molar-refractivity contribution is 5.97. The van der Waals surface area contributed by atoms with Gasteiger partial charge in [0.25, 0.3) is 11.5 Å². The van der Waals surface area contributed by atoms with Crippen LogP contribution in [-0.4, -0.2) is 31.0 Å². The number of hydrogen-bond acceptors (Lipinski definition) is 3. The topological polar surface area (TPSA) is 59.6 Å². The van der Waals surface area contributed by atoms with Crippen LogP contribution in [0, 0.1) is 0 Å². The predicted molar refractivity (Wildman–Crippen MR) is 126 cm³/mol. The molecule has 6 nitrogen and oxygen atoms in total. The van der Waals surface area contributed by atoms with Gasteiger partial charge in [-0.1, -0.05) is 55.7 Å². The van der Waals surface area contributed by atoms with E-state index in [1.165, 1.54) is 10.9 Å². The Labute approximate surface area is 188 Å². The Morgan fingerprint density at radius 2 is 1.84 bits per heavy atom. The molecule has 0 atom stereocenters. The zero-order valence-corrected chi connectivity index (χ0v) is 18.5. The molecule has 32 heavy (non-hydrogen) atoms. The van der Waals surface area contributed by atoms with E-state index in [9.17, 15) is 9.59 Å². The second kappa shape index (κ2) is 8.77. The van der Waals surface area contributed by atoms with Crippen LogP contribution in [0.1, 0.15) is 67.4 Å². The average Bonchev–Trinajstić information content (AvgIpc) is 3.43. The molecule has 0 radical (unpaired) electrons. The molecule has 166 valence electrons. The second-order valence-corrected chi connectivity index (χ2v) is 8.96. The minimum atomic E-state index is -0.161. The summed E-state index contributed by atoms with van der Waals surface area (Å²) in [6.45, 7) is 4.90. The lowest BCUT2D eigenvalue weighted by molar-refractivity contribution is 0.0652. The largest absolute Gasteiger partial charge is 0.330 e. The smallest absolute Gasteiger partial charge is 0.280 e. The SMILES string of the molecule is C=CCCCCn1c2c(c(=O)n3nc(-c4ccccc4)cc13)CN(C1CCCCC1)C2=O. The average molecular weight is 431 g/mol. The van der Waals surface area contributed by atoms with Gasteiger partial charge in [0.05, 0.1) is 17.8 Å². The van der Waals surface area contributed by atoms with Gasteiger partial charge in [0.1, 0.15) is 11.3 Å². The van der Waals surface area contributed by atoms with Gasteiger partial charge in [-0.2, -0.15) is 9.61 Å². The Morgan fingerprint density at radius 3 is 2.59 bits per heavy atom. The predicted octanol–water partition coefficient (Wildman–Crippen LogP) is 4.81. The molecule has 2 aromatic heterocycles. The number of rotatable bonds is 7. The molecule has 6 heteroatoms. The van der Waals surface area contributed by atoms with Gasteiger partial charge in [0.15, 0.2) is 0 Å². The van der Waals surface area contributed by atoms with Gasteiger partial charge in [-0.3, -0.25) is 9.59 Å². The molecule has 0 N–H and O–H groups in total. The molecular weight excluding hydrogens is 400 g/mol. The number of carbonyl (C=O) groups excluding carboxylic acids is 1. The van der Waals surface area contributed by atoms with Gasteiger partial charge in [-0.25, -0.2) is 0 Å². The first-order chi connectivity index (χ1) is 15.7. The van der Waals surface area contributed by atoms with E-state index in [0.29, 0.717) is 30.0 Å². The number of unbranched alkanes of at least 4 members (excludes halogenated alkanes) is 2. The molecule has 3 heterocycles. The fraction of sp³-hybridized carbons (Fsp3) is 0.423. The summed E-state index contributed by atoms with van der Waals surface area (Å²) in [5.74, 6) is 0.0117. The third-order valence-electron chi connectivity index (χ3n) is 6.89. The van der Waals surface area contributed by atoms with E-state index in [-0.39, 0.29) is 17.5 Å². The molecule has 1 aromatic carbocycles. The van der Waals surface area contributed by atoms with E-state index in [4.69, 9.17) is 0 Å². The maximum atomic E-state index is 13.6. The molecule has 2 aliphatic rings. The molecule has 5 rings (SSSR count). The number of allylic oxidation sites excluding steroid dienone is 1. The lowest BCUT2D eigenvalue weighted by atomic mass is 9.94. The molecule has 1 fully saturated rings. The van der Waals surface area contributed by atoms with Gasteiger partial charge in [-0.15, -0.1) is 6.58 Å². The van der Waals surface area contributed by atoms with Crippen molar-refractivity contribution in [3.63, 3.8) is 0 Å². The minimum Gasteiger partial charge on any atom is -0.330 e. The number of hydrogen-bond donors (Lipinski definition) is 0. The normalized spacial score (nSPS) is 16.6. The van der Waals surface area contributed by atoms with Crippen LogP contribution < -0.4 is 5.56 Å². The van der Waals surface area contributed by atoms with E-state index >= 15 is 0 Å². The van der Waals surface area contributed by atoms with Crippen molar-refractivity contribution in [1.82, 2.24) is 19.1 Å². The number of carbonyl (C=O) groups is 1. The van der Waals surface area contributed by atoms with E-state index in [1.54, 1.807) is 0 Å². The Balaban J connectivity index is 1.61. The van der Waals surface area contributed by atoms with Crippen LogP contribution in [0.15, 0.2) is 53.8 Å². The first-order valence-corrected chi connectivity index (χ1v) is 11.8. The summed E-state index contributed by atoms with van der Waals surface area (Å²) in [5.41, 5.74) is 3.42. The van der Waals surface area contributed by atoms with Crippen molar-refractivity contribution in [2.45, 2.75) is 70.5 Å². The molecule has 0 bridgehead atoms. The van der Waals surface area contributed by atoms with Gasteiger partial charge in [-0.05, 0) is 32.1 Å². The highest BCUT2D eigenvalue weighted by Gasteiger charge is 2.38. The van der Waals surface area contributed by atoms with Crippen LogP contribution in [0.2, 0.25) is 0 Å². The van der Waals surface area contributed by atoms with Crippen LogP contribution in [0.3, 0.4) is 0 Å². The fourth-order valence-corrected chi connectivity index (χ4v) is 5.21. The summed E-state index contributed by atoms with van der Waals surface area (Å²) < 4.78 is 3.55. The summed E-state index contributed by atoms with van der Waals surface area (Å²) in [4.78, 5) is 29.0. The van der Waals surface area contributed by atoms with Crippen LogP contribution >= 0.6 is 0 Å². The number of amides is 1. The summed E-state index contributed by atoms with van der Waals surface area (Å²) in [6, 6.07) is 12.1. The number of fused-ring (bicyclic) bond motifs is 2. The second-order valence-electron chi connectivity index (χ2n) is 8.96. The lowest BCUT2D eigenvalue weighted by Gasteiger charge is -2.30. The van der Waals surface area contributed by atoms with E-state index < -0.39 is 0 Å². The molecule has 0 spiro atoms. The third kappa shape index (κ3) is 3.57. The van der Waals surface area contributed by atoms with Gasteiger partial charge in [0.2, 0.25) is 0 Å². The summed E-state index contributed by atoms with van der Waals surface area (Å²) >= 11 is 0. The monoisotopic (exact) mass is 430 g/mol. The summed E-state index contributed by atoms with van der Waals surface area (Å²) in [7, 11) is 0. The standard InChI is InChI=1S/C26H30N4O2/c1-2-3-4-11-16-28-23-17-22(19-12-7-5-8-13-19)27-30(23)25(31)21-18-29(26(32)24(21)28)20-14-9-6-10-15-20/h2,5,7-8,12-13,17,20H,1,3-4,6,9-11,14-16,18H2. The van der Waals surface area contributed by atoms with Crippen LogP contribution in [-0.2, 0) is 13.1 Å². The number of aryl methyl sites for hydroxylation is 1. The molecule has 3 aromatic rings. The molecule has 1 aliphatic heterocycles. The van der Waals surface area contributed by atoms with E-state index in [0.717, 1.165) is 56.2 Å². The Morgan fingerprint density at radius 1 is 1.06 bits per heavy atom. The molecule has 1 amide bonds. The number of nitrogens with zero attached hydrogens (tertiary/aromatic N) is 4. The van der Waals surface area contributed by atoms with Crippen molar-refractivity contribution in [2.75, 3.05) is 0 Å².